The van der Waals surface area contributed by atoms with Gasteiger partial charge in [-0.3, -0.25) is 4.79 Å². The van der Waals surface area contributed by atoms with E-state index in [1.165, 1.54) is 12.8 Å². The number of nitrogens with zero attached hydrogens (tertiary/aromatic N) is 4. The van der Waals surface area contributed by atoms with Crippen molar-refractivity contribution in [3.05, 3.63) is 22.4 Å². The number of aliphatic carboxylic acids is 1. The Balaban J connectivity index is 1.92. The molecule has 1 aliphatic rings. The summed E-state index contributed by atoms with van der Waals surface area (Å²) < 4.78 is 2.49. The fourth-order valence-corrected chi connectivity index (χ4v) is 2.99. The molecule has 2 aromatic heterocycles. The molecule has 1 N–H and O–H groups in total. The van der Waals surface area contributed by atoms with Crippen LogP contribution in [0.15, 0.2) is 16.7 Å². The van der Waals surface area contributed by atoms with E-state index in [0.717, 1.165) is 34.9 Å². The molecule has 1 aliphatic heterocycles. The molecule has 0 bridgehead atoms. The second-order valence-electron chi connectivity index (χ2n) is 4.90. The summed E-state index contributed by atoms with van der Waals surface area (Å²) in [6.45, 7) is 2.08. The summed E-state index contributed by atoms with van der Waals surface area (Å²) in [5.74, 6) is 0.123. The monoisotopic (exact) mass is 338 g/mol. The van der Waals surface area contributed by atoms with Crippen molar-refractivity contribution < 1.29 is 9.90 Å². The Morgan fingerprint density at radius 3 is 2.80 bits per heavy atom. The Kier molecular flexibility index (Phi) is 3.60. The number of halogens is 1. The fraction of sp³-hybridized carbons (Fsp3) is 0.462. The van der Waals surface area contributed by atoms with Crippen molar-refractivity contribution in [3.63, 3.8) is 0 Å². The summed E-state index contributed by atoms with van der Waals surface area (Å²) in [5, 5.41) is 13.3. The average molecular weight is 339 g/mol. The number of hydrogen-bond donors (Lipinski definition) is 1. The molecule has 0 aromatic carbocycles. The van der Waals surface area contributed by atoms with Crippen molar-refractivity contribution in [2.24, 2.45) is 0 Å². The molecule has 1 fully saturated rings. The van der Waals surface area contributed by atoms with E-state index in [9.17, 15) is 4.79 Å². The molecular formula is C13H15BrN4O2. The first-order chi connectivity index (χ1) is 9.65. The molecule has 0 amide bonds. The standard InChI is InChI=1S/C13H15BrN4O2/c14-13-9(3-6-12(19)20)15-10-4-5-11(16-18(10)13)17-7-1-2-8-17/h4-5H,1-3,6-8H2,(H,19,20). The maximum Gasteiger partial charge on any atom is 0.303 e. The number of hydrogen-bond acceptors (Lipinski definition) is 4. The van der Waals surface area contributed by atoms with Gasteiger partial charge in [0.15, 0.2) is 5.65 Å². The van der Waals surface area contributed by atoms with Crippen molar-refractivity contribution in [2.75, 3.05) is 18.0 Å². The minimum atomic E-state index is -0.820. The minimum Gasteiger partial charge on any atom is -0.481 e. The Bertz CT molecular complexity index is 649. The van der Waals surface area contributed by atoms with E-state index in [1.54, 1.807) is 4.52 Å². The maximum absolute atomic E-state index is 10.7. The number of imidazole rings is 1. The van der Waals surface area contributed by atoms with Crippen molar-refractivity contribution in [3.8, 4) is 0 Å². The van der Waals surface area contributed by atoms with Crippen molar-refractivity contribution in [1.29, 1.82) is 0 Å². The van der Waals surface area contributed by atoms with E-state index < -0.39 is 5.97 Å². The van der Waals surface area contributed by atoms with Gasteiger partial charge in [-0.15, -0.1) is 5.10 Å². The van der Waals surface area contributed by atoms with Crippen LogP contribution in [0.2, 0.25) is 0 Å². The third-order valence-electron chi connectivity index (χ3n) is 3.48. The number of aromatic nitrogens is 3. The molecule has 0 radical (unpaired) electrons. The summed E-state index contributed by atoms with van der Waals surface area (Å²) in [6, 6.07) is 3.90. The minimum absolute atomic E-state index is 0.0709. The molecule has 3 rings (SSSR count). The Hall–Kier alpha value is -1.63. The van der Waals surface area contributed by atoms with Gasteiger partial charge in [0.1, 0.15) is 10.4 Å². The highest BCUT2D eigenvalue weighted by molar-refractivity contribution is 9.10. The van der Waals surface area contributed by atoms with E-state index in [2.05, 4.69) is 30.9 Å². The lowest BCUT2D eigenvalue weighted by molar-refractivity contribution is -0.136. The first-order valence-corrected chi connectivity index (χ1v) is 7.45. The molecule has 1 saturated heterocycles. The number of carbonyl (C=O) groups is 1. The predicted molar refractivity (Wildman–Crippen MR) is 78.1 cm³/mol. The van der Waals surface area contributed by atoms with Gasteiger partial charge in [-0.25, -0.2) is 9.50 Å². The molecule has 0 atom stereocenters. The van der Waals surface area contributed by atoms with Crippen LogP contribution in [0.1, 0.15) is 25.0 Å². The van der Waals surface area contributed by atoms with E-state index in [-0.39, 0.29) is 6.42 Å². The molecule has 3 heterocycles. The quantitative estimate of drug-likeness (QED) is 0.924. The largest absolute Gasteiger partial charge is 0.481 e. The molecule has 0 spiro atoms. The predicted octanol–water partition coefficient (Wildman–Crippen LogP) is 2.11. The van der Waals surface area contributed by atoms with Crippen LogP contribution in [-0.2, 0) is 11.2 Å². The SMILES string of the molecule is O=C(O)CCc1nc2ccc(N3CCCC3)nn2c1Br. The fourth-order valence-electron chi connectivity index (χ4n) is 2.44. The lowest BCUT2D eigenvalue weighted by Gasteiger charge is -2.15. The third kappa shape index (κ3) is 2.49. The lowest BCUT2D eigenvalue weighted by Crippen LogP contribution is -2.19. The molecule has 7 heteroatoms. The van der Waals surface area contributed by atoms with Gasteiger partial charge in [-0.1, -0.05) is 0 Å². The van der Waals surface area contributed by atoms with Crippen molar-refractivity contribution >= 4 is 33.4 Å². The van der Waals surface area contributed by atoms with Crippen LogP contribution in [0.3, 0.4) is 0 Å². The summed E-state index contributed by atoms with van der Waals surface area (Å²) in [5.41, 5.74) is 1.47. The first-order valence-electron chi connectivity index (χ1n) is 6.66. The average Bonchev–Trinajstić information content (AvgIpc) is 3.05. The highest BCUT2D eigenvalue weighted by Gasteiger charge is 2.17. The molecular weight excluding hydrogens is 324 g/mol. The topological polar surface area (TPSA) is 70.7 Å². The second-order valence-corrected chi connectivity index (χ2v) is 5.65. The van der Waals surface area contributed by atoms with Crippen LogP contribution in [0.5, 0.6) is 0 Å². The number of rotatable bonds is 4. The normalized spacial score (nSPS) is 15.2. The summed E-state index contributed by atoms with van der Waals surface area (Å²) in [4.78, 5) is 17.3. The summed E-state index contributed by atoms with van der Waals surface area (Å²) >= 11 is 3.47. The van der Waals surface area contributed by atoms with Crippen molar-refractivity contribution in [2.45, 2.75) is 25.7 Å². The van der Waals surface area contributed by atoms with Gasteiger partial charge in [0, 0.05) is 19.5 Å². The molecule has 0 unspecified atom stereocenters. The highest BCUT2D eigenvalue weighted by atomic mass is 79.9. The van der Waals surface area contributed by atoms with E-state index in [4.69, 9.17) is 5.11 Å². The molecule has 0 aliphatic carbocycles. The van der Waals surface area contributed by atoms with E-state index >= 15 is 0 Å². The van der Waals surface area contributed by atoms with Gasteiger partial charge < -0.3 is 10.0 Å². The van der Waals surface area contributed by atoms with Crippen LogP contribution in [0.25, 0.3) is 5.65 Å². The van der Waals surface area contributed by atoms with Crippen LogP contribution in [-0.4, -0.2) is 38.8 Å². The zero-order chi connectivity index (χ0) is 14.1. The van der Waals surface area contributed by atoms with Gasteiger partial charge >= 0.3 is 5.97 Å². The van der Waals surface area contributed by atoms with Crippen LogP contribution < -0.4 is 4.90 Å². The number of carboxylic acids is 1. The first kappa shape index (κ1) is 13.4. The third-order valence-corrected chi connectivity index (χ3v) is 4.27. The molecule has 0 saturated carbocycles. The number of carboxylic acid groups (broad SMARTS) is 1. The van der Waals surface area contributed by atoms with Gasteiger partial charge in [0.25, 0.3) is 0 Å². The van der Waals surface area contributed by atoms with Gasteiger partial charge in [0.2, 0.25) is 0 Å². The number of anilines is 1. The Labute approximate surface area is 124 Å². The molecule has 6 nitrogen and oxygen atoms in total. The van der Waals surface area contributed by atoms with Crippen LogP contribution in [0.4, 0.5) is 5.82 Å². The van der Waals surface area contributed by atoms with Gasteiger partial charge in [-0.2, -0.15) is 0 Å². The zero-order valence-electron chi connectivity index (χ0n) is 10.9. The van der Waals surface area contributed by atoms with Gasteiger partial charge in [0.05, 0.1) is 12.1 Å². The van der Waals surface area contributed by atoms with Crippen LogP contribution in [0, 0.1) is 0 Å². The Morgan fingerprint density at radius 1 is 1.35 bits per heavy atom. The number of fused-ring (bicyclic) bond motifs is 1. The Morgan fingerprint density at radius 2 is 2.10 bits per heavy atom. The lowest BCUT2D eigenvalue weighted by atomic mass is 10.2. The van der Waals surface area contributed by atoms with E-state index in [0.29, 0.717) is 6.42 Å². The van der Waals surface area contributed by atoms with E-state index in [1.807, 2.05) is 12.1 Å². The summed E-state index contributed by atoms with van der Waals surface area (Å²) in [7, 11) is 0. The number of aryl methyl sites for hydroxylation is 1. The maximum atomic E-state index is 10.7. The highest BCUT2D eigenvalue weighted by Crippen LogP contribution is 2.23. The molecule has 20 heavy (non-hydrogen) atoms. The van der Waals surface area contributed by atoms with Crippen molar-refractivity contribution in [1.82, 2.24) is 14.6 Å². The second kappa shape index (κ2) is 5.40. The zero-order valence-corrected chi connectivity index (χ0v) is 12.5. The van der Waals surface area contributed by atoms with Gasteiger partial charge in [-0.05, 0) is 40.9 Å². The molecule has 2 aromatic rings. The summed E-state index contributed by atoms with van der Waals surface area (Å²) in [6.07, 6.45) is 2.88. The van der Waals surface area contributed by atoms with Crippen LogP contribution >= 0.6 is 15.9 Å². The molecule has 106 valence electrons. The smallest absolute Gasteiger partial charge is 0.303 e.